The van der Waals surface area contributed by atoms with E-state index in [0.717, 1.165) is 0 Å². The summed E-state index contributed by atoms with van der Waals surface area (Å²) in [5.74, 6) is -1.66. The van der Waals surface area contributed by atoms with E-state index in [1.807, 2.05) is 0 Å². The first-order valence-electron chi connectivity index (χ1n) is 3.52. The number of hydrogen-bond acceptors (Lipinski definition) is 1. The fourth-order valence-electron chi connectivity index (χ4n) is 0.881. The molecule has 0 spiro atoms. The van der Waals surface area contributed by atoms with E-state index in [1.165, 1.54) is 0 Å². The van der Waals surface area contributed by atoms with Crippen LogP contribution in [0.3, 0.4) is 0 Å². The molecule has 0 bridgehead atoms. The number of benzene rings is 1. The van der Waals surface area contributed by atoms with Gasteiger partial charge in [0, 0.05) is 11.6 Å². The van der Waals surface area contributed by atoms with Crippen LogP contribution in [0.1, 0.15) is 12.0 Å². The Hall–Kier alpha value is -1.33. The van der Waals surface area contributed by atoms with Gasteiger partial charge in [0.25, 0.3) is 6.43 Å². The zero-order valence-corrected chi connectivity index (χ0v) is 6.68. The lowest BCUT2D eigenvalue weighted by molar-refractivity contribution is -0.0501. The van der Waals surface area contributed by atoms with Crippen molar-refractivity contribution in [3.8, 4) is 5.75 Å². The molecule has 1 nitrogen and oxygen atoms in total. The molecule has 0 saturated heterocycles. The number of hydrogen-bond donors (Lipinski definition) is 0. The topological polar surface area (TPSA) is 9.23 Å². The Kier molecular flexibility index (Phi) is 3.27. The Labute approximate surface area is 76.1 Å². The molecule has 14 heavy (non-hydrogen) atoms. The zero-order chi connectivity index (χ0) is 10.7. The molecular weight excluding hydrogens is 207 g/mol. The predicted octanol–water partition coefficient (Wildman–Crippen LogP) is 3.36. The van der Waals surface area contributed by atoms with Crippen molar-refractivity contribution < 1.29 is 26.7 Å². The molecule has 0 aliphatic heterocycles. The van der Waals surface area contributed by atoms with Crippen molar-refractivity contribution in [3.63, 3.8) is 0 Å². The largest absolute Gasteiger partial charge is 0.435 e. The van der Waals surface area contributed by atoms with E-state index in [-0.39, 0.29) is 0 Å². The highest BCUT2D eigenvalue weighted by molar-refractivity contribution is 5.30. The number of rotatable bonds is 3. The van der Waals surface area contributed by atoms with Crippen LogP contribution in [0.4, 0.5) is 22.0 Å². The number of ether oxygens (including phenoxy) is 1. The molecule has 0 heterocycles. The smallest absolute Gasteiger partial charge is 0.387 e. The van der Waals surface area contributed by atoms with Crippen molar-refractivity contribution >= 4 is 0 Å². The van der Waals surface area contributed by atoms with Crippen molar-refractivity contribution in [2.24, 2.45) is 0 Å². The molecule has 0 radical (unpaired) electrons. The minimum atomic E-state index is -3.16. The first kappa shape index (κ1) is 10.7. The number of alkyl halides is 4. The van der Waals surface area contributed by atoms with Crippen LogP contribution in [0, 0.1) is 5.82 Å². The van der Waals surface area contributed by atoms with Gasteiger partial charge in [0.1, 0.15) is 11.6 Å². The van der Waals surface area contributed by atoms with E-state index in [9.17, 15) is 22.0 Å². The maximum absolute atomic E-state index is 12.6. The summed E-state index contributed by atoms with van der Waals surface area (Å²) in [4.78, 5) is 0. The van der Waals surface area contributed by atoms with Crippen LogP contribution in [0.5, 0.6) is 5.75 Å². The van der Waals surface area contributed by atoms with Crippen LogP contribution >= 0.6 is 0 Å². The van der Waals surface area contributed by atoms with Gasteiger partial charge in [0.05, 0.1) is 0 Å². The Morgan fingerprint density at radius 3 is 2.14 bits per heavy atom. The van der Waals surface area contributed by atoms with Gasteiger partial charge in [-0.15, -0.1) is 0 Å². The van der Waals surface area contributed by atoms with Gasteiger partial charge in [0.15, 0.2) is 0 Å². The molecule has 0 saturated carbocycles. The predicted molar refractivity (Wildman–Crippen MR) is 38.0 cm³/mol. The molecule has 0 fully saturated rings. The van der Waals surface area contributed by atoms with E-state index in [0.29, 0.717) is 18.2 Å². The normalized spacial score (nSPS) is 11.1. The highest BCUT2D eigenvalue weighted by Crippen LogP contribution is 2.25. The van der Waals surface area contributed by atoms with Crippen LogP contribution in [-0.4, -0.2) is 6.61 Å². The second-order valence-electron chi connectivity index (χ2n) is 2.40. The summed E-state index contributed by atoms with van der Waals surface area (Å²) in [6.07, 6.45) is -2.93. The van der Waals surface area contributed by atoms with Crippen LogP contribution in [0.25, 0.3) is 0 Å². The lowest BCUT2D eigenvalue weighted by Crippen LogP contribution is -2.02. The Balaban J connectivity index is 2.95. The van der Waals surface area contributed by atoms with Gasteiger partial charge in [-0.1, -0.05) is 0 Å². The van der Waals surface area contributed by atoms with Gasteiger partial charge in [-0.2, -0.15) is 8.78 Å². The SMILES string of the molecule is Fc1cc(OC(F)F)cc(C(F)F)c1. The first-order valence-corrected chi connectivity index (χ1v) is 3.52. The summed E-state index contributed by atoms with van der Waals surface area (Å²) in [5, 5.41) is 0. The van der Waals surface area contributed by atoms with Crippen molar-refractivity contribution in [1.82, 2.24) is 0 Å². The first-order chi connectivity index (χ1) is 6.49. The molecule has 78 valence electrons. The van der Waals surface area contributed by atoms with Crippen molar-refractivity contribution in [1.29, 1.82) is 0 Å². The van der Waals surface area contributed by atoms with E-state index in [4.69, 9.17) is 0 Å². The van der Waals surface area contributed by atoms with Gasteiger partial charge in [0.2, 0.25) is 0 Å². The van der Waals surface area contributed by atoms with E-state index < -0.39 is 30.2 Å². The van der Waals surface area contributed by atoms with E-state index in [2.05, 4.69) is 4.74 Å². The Bertz CT molecular complexity index is 313. The third-order valence-electron chi connectivity index (χ3n) is 1.37. The minimum Gasteiger partial charge on any atom is -0.435 e. The summed E-state index contributed by atoms with van der Waals surface area (Å²) < 4.78 is 63.8. The second kappa shape index (κ2) is 4.26. The third-order valence-corrected chi connectivity index (χ3v) is 1.37. The maximum Gasteiger partial charge on any atom is 0.387 e. The Morgan fingerprint density at radius 1 is 1.00 bits per heavy atom. The summed E-state index contributed by atoms with van der Waals surface area (Å²) in [5.41, 5.74) is -0.694. The lowest BCUT2D eigenvalue weighted by Gasteiger charge is -2.06. The van der Waals surface area contributed by atoms with Crippen LogP contribution in [0.2, 0.25) is 0 Å². The summed E-state index contributed by atoms with van der Waals surface area (Å²) in [7, 11) is 0. The molecule has 1 rings (SSSR count). The van der Waals surface area contributed by atoms with Crippen LogP contribution in [-0.2, 0) is 0 Å². The minimum absolute atomic E-state index is 0.559. The van der Waals surface area contributed by atoms with Gasteiger partial charge in [-0.25, -0.2) is 13.2 Å². The average molecular weight is 212 g/mol. The highest BCUT2D eigenvalue weighted by atomic mass is 19.3. The maximum atomic E-state index is 12.6. The van der Waals surface area contributed by atoms with Gasteiger partial charge in [-0.3, -0.25) is 0 Å². The third kappa shape index (κ3) is 2.86. The summed E-state index contributed by atoms with van der Waals surface area (Å²) in [6.45, 7) is -3.16. The van der Waals surface area contributed by atoms with Crippen molar-refractivity contribution in [2.45, 2.75) is 13.0 Å². The molecule has 6 heteroatoms. The molecule has 0 unspecified atom stereocenters. The molecule has 0 aliphatic rings. The Morgan fingerprint density at radius 2 is 1.64 bits per heavy atom. The molecular formula is C8H5F5O. The number of halogens is 5. The summed E-state index contributed by atoms with van der Waals surface area (Å²) >= 11 is 0. The zero-order valence-electron chi connectivity index (χ0n) is 6.68. The standard InChI is InChI=1S/C8H5F5O/c9-5-1-4(7(10)11)2-6(3-5)14-8(12)13/h1-3,7-8H. The second-order valence-corrected chi connectivity index (χ2v) is 2.40. The molecule has 1 aromatic rings. The molecule has 0 atom stereocenters. The average Bonchev–Trinajstić information content (AvgIpc) is 2.01. The quantitative estimate of drug-likeness (QED) is 0.698. The molecule has 0 N–H and O–H groups in total. The summed E-state index contributed by atoms with van der Waals surface area (Å²) in [6, 6.07) is 1.83. The van der Waals surface area contributed by atoms with Gasteiger partial charge >= 0.3 is 6.61 Å². The fraction of sp³-hybridized carbons (Fsp3) is 0.250. The van der Waals surface area contributed by atoms with E-state index >= 15 is 0 Å². The van der Waals surface area contributed by atoms with Crippen molar-refractivity contribution in [2.75, 3.05) is 0 Å². The van der Waals surface area contributed by atoms with Gasteiger partial charge < -0.3 is 4.74 Å². The molecule has 0 aliphatic carbocycles. The monoisotopic (exact) mass is 212 g/mol. The molecule has 0 aromatic heterocycles. The van der Waals surface area contributed by atoms with Gasteiger partial charge in [-0.05, 0) is 12.1 Å². The highest BCUT2D eigenvalue weighted by Gasteiger charge is 2.12. The van der Waals surface area contributed by atoms with E-state index in [1.54, 1.807) is 0 Å². The molecule has 0 amide bonds. The lowest BCUT2D eigenvalue weighted by atomic mass is 10.2. The fourth-order valence-corrected chi connectivity index (χ4v) is 0.881. The van der Waals surface area contributed by atoms with Crippen LogP contribution < -0.4 is 4.74 Å². The van der Waals surface area contributed by atoms with Crippen LogP contribution in [0.15, 0.2) is 18.2 Å². The van der Waals surface area contributed by atoms with Crippen molar-refractivity contribution in [3.05, 3.63) is 29.6 Å². The molecule has 1 aromatic carbocycles.